The van der Waals surface area contributed by atoms with Gasteiger partial charge >= 0.3 is 0 Å². The fourth-order valence-corrected chi connectivity index (χ4v) is 5.75. The lowest BCUT2D eigenvalue weighted by molar-refractivity contribution is -0.384. The minimum Gasteiger partial charge on any atom is -0.282 e. The molecule has 4 aromatic rings. The van der Waals surface area contributed by atoms with Gasteiger partial charge in [0.2, 0.25) is 0 Å². The van der Waals surface area contributed by atoms with Gasteiger partial charge in [0.15, 0.2) is 0 Å². The first-order chi connectivity index (χ1) is 16.8. The monoisotopic (exact) mass is 505 g/mol. The van der Waals surface area contributed by atoms with Crippen LogP contribution in [0.1, 0.15) is 5.56 Å². The molecule has 0 aliphatic heterocycles. The van der Waals surface area contributed by atoms with E-state index < -0.39 is 15.0 Å². The molecule has 0 spiro atoms. The maximum Gasteiger partial charge on any atom is 0.294 e. The van der Waals surface area contributed by atoms with Crippen molar-refractivity contribution in [3.63, 3.8) is 0 Å². The van der Waals surface area contributed by atoms with E-state index in [1.807, 2.05) is 0 Å². The van der Waals surface area contributed by atoms with Crippen LogP contribution in [0.2, 0.25) is 0 Å². The van der Waals surface area contributed by atoms with Gasteiger partial charge in [-0.25, -0.2) is 0 Å². The van der Waals surface area contributed by atoms with Crippen molar-refractivity contribution in [1.29, 1.82) is 0 Å². The molecule has 8 heteroatoms. The van der Waals surface area contributed by atoms with Crippen molar-refractivity contribution in [3.05, 3.63) is 137 Å². The van der Waals surface area contributed by atoms with Crippen LogP contribution in [-0.4, -0.2) is 24.1 Å². The molecule has 0 saturated carbocycles. The molecule has 6 nitrogen and oxygen atoms in total. The first-order valence-electron chi connectivity index (χ1n) is 10.7. The molecule has 0 radical (unpaired) electrons. The van der Waals surface area contributed by atoms with Gasteiger partial charge < -0.3 is 0 Å². The standard InChI is InChI=1S/C21H19P.C6H5NO5S/c1-4-11-19(12-5-1)13-10-18-22(20-14-6-2-7-15-20)21-16-8-3-9-17-21;8-7(9)5-1-3-6(4-2-5)13(10,11)12/h1-17H,18H2;1-4H,(H,10,11,12). The second-order valence-electron chi connectivity index (χ2n) is 7.32. The molecule has 4 rings (SSSR count). The summed E-state index contributed by atoms with van der Waals surface area (Å²) in [5, 5.41) is 13.0. The van der Waals surface area contributed by atoms with E-state index in [1.165, 1.54) is 16.2 Å². The quantitative estimate of drug-likeness (QED) is 0.151. The predicted octanol–water partition coefficient (Wildman–Crippen LogP) is 5.67. The summed E-state index contributed by atoms with van der Waals surface area (Å²) in [6.45, 7) is 0. The smallest absolute Gasteiger partial charge is 0.282 e. The Bertz CT molecular complexity index is 1310. The molecule has 0 aliphatic rings. The number of non-ortho nitro benzene ring substituents is 1. The minimum atomic E-state index is -4.27. The van der Waals surface area contributed by atoms with Gasteiger partial charge in [0, 0.05) is 12.1 Å². The van der Waals surface area contributed by atoms with Gasteiger partial charge in [-0.1, -0.05) is 103 Å². The summed E-state index contributed by atoms with van der Waals surface area (Å²) >= 11 is 0. The van der Waals surface area contributed by atoms with Gasteiger partial charge in [0.1, 0.15) is 0 Å². The highest BCUT2D eigenvalue weighted by Gasteiger charge is 2.12. The Morgan fingerprint density at radius 2 is 1.20 bits per heavy atom. The molecule has 178 valence electrons. The van der Waals surface area contributed by atoms with E-state index in [4.69, 9.17) is 4.55 Å². The fourth-order valence-electron chi connectivity index (χ4n) is 3.17. The molecule has 35 heavy (non-hydrogen) atoms. The largest absolute Gasteiger partial charge is 0.294 e. The Morgan fingerprint density at radius 1 is 0.743 bits per heavy atom. The summed E-state index contributed by atoms with van der Waals surface area (Å²) < 4.78 is 29.5. The maximum atomic E-state index is 10.5. The zero-order valence-electron chi connectivity index (χ0n) is 18.7. The first-order valence-corrected chi connectivity index (χ1v) is 13.6. The number of nitrogens with zero attached hydrogens (tertiary/aromatic N) is 1. The third-order valence-electron chi connectivity index (χ3n) is 4.88. The molecule has 0 bridgehead atoms. The number of hydrogen-bond donors (Lipinski definition) is 1. The average molecular weight is 506 g/mol. The second-order valence-corrected chi connectivity index (χ2v) is 11.0. The topological polar surface area (TPSA) is 97.5 Å². The van der Waals surface area contributed by atoms with Crippen molar-refractivity contribution in [2.45, 2.75) is 4.90 Å². The van der Waals surface area contributed by atoms with E-state index in [2.05, 4.69) is 103 Å². The number of rotatable bonds is 7. The Kier molecular flexibility index (Phi) is 9.44. The molecule has 0 atom stereocenters. The molecule has 0 aliphatic carbocycles. The highest BCUT2D eigenvalue weighted by molar-refractivity contribution is 7.85. The van der Waals surface area contributed by atoms with Crippen LogP contribution in [0.15, 0.2) is 126 Å². The number of allylic oxidation sites excluding steroid dienone is 1. The molecular formula is C27H24NO5PS. The lowest BCUT2D eigenvalue weighted by Gasteiger charge is -2.16. The summed E-state index contributed by atoms with van der Waals surface area (Å²) in [4.78, 5) is 9.13. The van der Waals surface area contributed by atoms with Gasteiger partial charge in [-0.15, -0.1) is 0 Å². The Morgan fingerprint density at radius 3 is 1.63 bits per heavy atom. The lowest BCUT2D eigenvalue weighted by atomic mass is 10.2. The van der Waals surface area contributed by atoms with Gasteiger partial charge in [0.05, 0.1) is 9.82 Å². The Labute approximate surface area is 206 Å². The van der Waals surface area contributed by atoms with Crippen LogP contribution >= 0.6 is 7.92 Å². The summed E-state index contributed by atoms with van der Waals surface area (Å²) in [5.41, 5.74) is 1.03. The third kappa shape index (κ3) is 8.26. The first kappa shape index (κ1) is 26.0. The van der Waals surface area contributed by atoms with Gasteiger partial charge in [-0.3, -0.25) is 14.7 Å². The molecule has 1 N–H and O–H groups in total. The fraction of sp³-hybridized carbons (Fsp3) is 0.0370. The van der Waals surface area contributed by atoms with Crippen LogP contribution in [0.5, 0.6) is 0 Å². The lowest BCUT2D eigenvalue weighted by Crippen LogP contribution is -2.12. The molecule has 0 amide bonds. The second kappa shape index (κ2) is 12.7. The van der Waals surface area contributed by atoms with Crippen molar-refractivity contribution in [2.24, 2.45) is 0 Å². The molecular weight excluding hydrogens is 481 g/mol. The molecule has 0 aromatic heterocycles. The summed E-state index contributed by atoms with van der Waals surface area (Å²) in [7, 11) is -4.60. The molecule has 0 fully saturated rings. The Hall–Kier alpha value is -3.64. The van der Waals surface area contributed by atoms with Crippen LogP contribution in [0, 0.1) is 10.1 Å². The normalized spacial score (nSPS) is 11.1. The summed E-state index contributed by atoms with van der Waals surface area (Å²) in [6.07, 6.45) is 5.60. The average Bonchev–Trinajstić information content (AvgIpc) is 2.88. The number of nitro benzene ring substituents is 1. The number of benzene rings is 4. The number of hydrogen-bond acceptors (Lipinski definition) is 4. The van der Waals surface area contributed by atoms with Crippen molar-refractivity contribution in [1.82, 2.24) is 0 Å². The zero-order chi connectivity index (χ0) is 25.1. The molecule has 0 saturated heterocycles. The van der Waals surface area contributed by atoms with Gasteiger partial charge in [0.25, 0.3) is 15.8 Å². The van der Waals surface area contributed by atoms with Crippen LogP contribution < -0.4 is 10.6 Å². The Balaban J connectivity index is 0.000000225. The van der Waals surface area contributed by atoms with Crippen molar-refractivity contribution >= 4 is 40.4 Å². The van der Waals surface area contributed by atoms with E-state index in [0.717, 1.165) is 30.4 Å². The SMILES string of the molecule is C(=Cc1ccccc1)CP(c1ccccc1)c1ccccc1.O=[N+]([O-])c1ccc(S(=O)(=O)O)cc1. The van der Waals surface area contributed by atoms with E-state index in [-0.39, 0.29) is 18.5 Å². The van der Waals surface area contributed by atoms with Crippen molar-refractivity contribution < 1.29 is 17.9 Å². The van der Waals surface area contributed by atoms with E-state index in [1.54, 1.807) is 0 Å². The zero-order valence-corrected chi connectivity index (χ0v) is 20.4. The predicted molar refractivity (Wildman–Crippen MR) is 142 cm³/mol. The van der Waals surface area contributed by atoms with E-state index in [0.29, 0.717) is 0 Å². The van der Waals surface area contributed by atoms with E-state index >= 15 is 0 Å². The highest BCUT2D eigenvalue weighted by Crippen LogP contribution is 2.33. The van der Waals surface area contributed by atoms with E-state index in [9.17, 15) is 18.5 Å². The minimum absolute atomic E-state index is 0.229. The van der Waals surface area contributed by atoms with Crippen molar-refractivity contribution in [3.8, 4) is 0 Å². The summed E-state index contributed by atoms with van der Waals surface area (Å²) in [6, 6.07) is 36.1. The molecule has 0 heterocycles. The molecule has 0 unspecified atom stereocenters. The van der Waals surface area contributed by atoms with Gasteiger partial charge in [-0.2, -0.15) is 8.42 Å². The summed E-state index contributed by atoms with van der Waals surface area (Å²) in [5.74, 6) is 0. The highest BCUT2D eigenvalue weighted by atomic mass is 32.2. The van der Waals surface area contributed by atoms with Crippen LogP contribution in [-0.2, 0) is 10.1 Å². The maximum absolute atomic E-state index is 10.5. The van der Waals surface area contributed by atoms with Crippen molar-refractivity contribution in [2.75, 3.05) is 6.16 Å². The van der Waals surface area contributed by atoms with Crippen LogP contribution in [0.25, 0.3) is 6.08 Å². The molecule has 4 aromatic carbocycles. The third-order valence-corrected chi connectivity index (χ3v) is 8.17. The van der Waals surface area contributed by atoms with Crippen LogP contribution in [0.3, 0.4) is 0 Å². The van der Waals surface area contributed by atoms with Gasteiger partial charge in [-0.05, 0) is 42.4 Å². The van der Waals surface area contributed by atoms with Crippen LogP contribution in [0.4, 0.5) is 5.69 Å². The number of nitro groups is 1.